The van der Waals surface area contributed by atoms with E-state index in [0.29, 0.717) is 0 Å². The lowest BCUT2D eigenvalue weighted by Crippen LogP contribution is -2.69. The first-order chi connectivity index (χ1) is 17.8. The van der Waals surface area contributed by atoms with Crippen LogP contribution in [0.4, 0.5) is 0 Å². The zero-order valence-corrected chi connectivity index (χ0v) is 20.7. The molecule has 16 heteroatoms. The van der Waals surface area contributed by atoms with Crippen molar-refractivity contribution >= 4 is 17.8 Å². The maximum atomic E-state index is 12.3. The molecule has 2 rings (SSSR count). The number of carbonyl (C=O) groups excluding carboxylic acids is 2. The van der Waals surface area contributed by atoms with Gasteiger partial charge in [-0.3, -0.25) is 9.59 Å². The van der Waals surface area contributed by atoms with Gasteiger partial charge in [0.25, 0.3) is 5.79 Å². The fourth-order valence-corrected chi connectivity index (χ4v) is 4.22. The monoisotopic (exact) mass is 550 g/mol. The molecule has 0 radical (unpaired) electrons. The third-order valence-electron chi connectivity index (χ3n) is 6.07. The third-order valence-corrected chi connectivity index (χ3v) is 6.07. The van der Waals surface area contributed by atoms with Gasteiger partial charge in [-0.25, -0.2) is 4.79 Å². The van der Waals surface area contributed by atoms with Crippen molar-refractivity contribution in [2.75, 3.05) is 19.8 Å². The summed E-state index contributed by atoms with van der Waals surface area (Å²) in [7, 11) is 0. The van der Waals surface area contributed by atoms with E-state index in [9.17, 15) is 50.1 Å². The summed E-state index contributed by atoms with van der Waals surface area (Å²) < 4.78 is 21.8. The van der Waals surface area contributed by atoms with Crippen LogP contribution in [0, 0.1) is 12.3 Å². The Morgan fingerprint density at radius 2 is 1.71 bits per heavy atom. The van der Waals surface area contributed by atoms with Crippen molar-refractivity contribution in [2.24, 2.45) is 0 Å². The Labute approximate surface area is 217 Å². The van der Waals surface area contributed by atoms with Gasteiger partial charge in [0.2, 0.25) is 11.8 Å². The number of aliphatic carboxylic acids is 1. The molecule has 2 fully saturated rings. The SMILES string of the molecule is C#CCO[C@H]1O[C@H](CO[C@]2(C(=O)O)C[C@H](O)[C@@H](NC(C)=O)[C@H]([C@H](O)[C@H](O)CO)O2)[C@H](O)[C@H](O)[C@H]1NC(C)=O. The number of terminal acetylenes is 1. The summed E-state index contributed by atoms with van der Waals surface area (Å²) in [5.74, 6) is -3.55. The highest BCUT2D eigenvalue weighted by Gasteiger charge is 2.56. The average molecular weight is 551 g/mol. The van der Waals surface area contributed by atoms with E-state index in [1.165, 1.54) is 0 Å². The van der Waals surface area contributed by atoms with E-state index in [2.05, 4.69) is 16.6 Å². The number of hydrogen-bond acceptors (Lipinski definition) is 13. The highest BCUT2D eigenvalue weighted by molar-refractivity contribution is 5.76. The zero-order valence-electron chi connectivity index (χ0n) is 20.7. The molecule has 38 heavy (non-hydrogen) atoms. The minimum Gasteiger partial charge on any atom is -0.477 e. The average Bonchev–Trinajstić information content (AvgIpc) is 2.85. The third kappa shape index (κ3) is 7.36. The second-order valence-corrected chi connectivity index (χ2v) is 8.96. The fraction of sp³-hybridized carbons (Fsp3) is 0.773. The predicted octanol–water partition coefficient (Wildman–Crippen LogP) is -5.25. The van der Waals surface area contributed by atoms with Gasteiger partial charge in [-0.2, -0.15) is 0 Å². The van der Waals surface area contributed by atoms with E-state index in [1.807, 2.05) is 0 Å². The number of rotatable bonds is 11. The summed E-state index contributed by atoms with van der Waals surface area (Å²) in [6.45, 7) is 0.203. The van der Waals surface area contributed by atoms with Gasteiger partial charge >= 0.3 is 5.97 Å². The van der Waals surface area contributed by atoms with Crippen molar-refractivity contribution in [1.29, 1.82) is 0 Å². The van der Waals surface area contributed by atoms with E-state index < -0.39 is 104 Å². The molecule has 0 spiro atoms. The molecule has 2 heterocycles. The van der Waals surface area contributed by atoms with Crippen LogP contribution in [0.5, 0.6) is 0 Å². The van der Waals surface area contributed by atoms with Crippen LogP contribution in [-0.4, -0.2) is 140 Å². The summed E-state index contributed by atoms with van der Waals surface area (Å²) in [6, 6.07) is -2.65. The Morgan fingerprint density at radius 3 is 2.24 bits per heavy atom. The summed E-state index contributed by atoms with van der Waals surface area (Å²) in [5, 5.41) is 76.0. The number of carboxylic acids is 1. The minimum atomic E-state index is -2.70. The molecule has 2 aliphatic heterocycles. The largest absolute Gasteiger partial charge is 0.477 e. The predicted molar refractivity (Wildman–Crippen MR) is 122 cm³/mol. The number of carbonyl (C=O) groups is 3. The number of hydrogen-bond donors (Lipinski definition) is 9. The molecule has 216 valence electrons. The number of aliphatic hydroxyl groups is 6. The van der Waals surface area contributed by atoms with Crippen LogP contribution in [0.3, 0.4) is 0 Å². The second kappa shape index (κ2) is 13.6. The van der Waals surface area contributed by atoms with Crippen LogP contribution in [0.15, 0.2) is 0 Å². The quantitative estimate of drug-likeness (QED) is 0.109. The number of aliphatic hydroxyl groups excluding tert-OH is 6. The van der Waals surface area contributed by atoms with Gasteiger partial charge in [-0.05, 0) is 0 Å². The first-order valence-electron chi connectivity index (χ1n) is 11.6. The molecule has 0 unspecified atom stereocenters. The van der Waals surface area contributed by atoms with Crippen molar-refractivity contribution in [3.05, 3.63) is 0 Å². The van der Waals surface area contributed by atoms with Crippen LogP contribution in [0.2, 0.25) is 0 Å². The normalized spacial score (nSPS) is 36.9. The number of carboxylic acid groups (broad SMARTS) is 1. The van der Waals surface area contributed by atoms with Gasteiger partial charge < -0.3 is 65.3 Å². The van der Waals surface area contributed by atoms with E-state index in [-0.39, 0.29) is 6.61 Å². The molecule has 11 atom stereocenters. The lowest BCUT2D eigenvalue weighted by Gasteiger charge is -2.47. The van der Waals surface area contributed by atoms with Crippen LogP contribution in [0.25, 0.3) is 0 Å². The van der Waals surface area contributed by atoms with Gasteiger partial charge in [0.1, 0.15) is 49.3 Å². The smallest absolute Gasteiger partial charge is 0.364 e. The first kappa shape index (κ1) is 31.8. The molecule has 16 nitrogen and oxygen atoms in total. The molecule has 0 aromatic heterocycles. The highest BCUT2D eigenvalue weighted by atomic mass is 16.7. The lowest BCUT2D eigenvalue weighted by molar-refractivity contribution is -0.330. The van der Waals surface area contributed by atoms with Gasteiger partial charge in [0, 0.05) is 20.3 Å². The molecule has 0 aromatic carbocycles. The summed E-state index contributed by atoms with van der Waals surface area (Å²) >= 11 is 0. The molecule has 2 saturated heterocycles. The Bertz CT molecular complexity index is 883. The second-order valence-electron chi connectivity index (χ2n) is 8.96. The Morgan fingerprint density at radius 1 is 1.11 bits per heavy atom. The van der Waals surface area contributed by atoms with Gasteiger partial charge in [0.15, 0.2) is 6.29 Å². The Balaban J connectivity index is 2.30. The van der Waals surface area contributed by atoms with E-state index in [0.717, 1.165) is 13.8 Å². The molecular formula is C22H34N2O14. The van der Waals surface area contributed by atoms with Crippen LogP contribution in [0.1, 0.15) is 20.3 Å². The molecule has 2 amide bonds. The lowest BCUT2D eigenvalue weighted by atomic mass is 9.88. The van der Waals surface area contributed by atoms with Crippen LogP contribution < -0.4 is 10.6 Å². The van der Waals surface area contributed by atoms with E-state index in [4.69, 9.17) is 25.4 Å². The van der Waals surface area contributed by atoms with E-state index in [1.54, 1.807) is 0 Å². The molecule has 2 aliphatic rings. The standard InChI is InChI=1S/C22H34N2O14/c1-4-5-35-20-15(24-10(3)27)18(32)17(31)13(37-20)8-36-22(21(33)34)6-11(28)14(23-9(2)26)19(38-22)16(30)12(29)7-25/h1,11-20,25,28-32H,5-8H2,2-3H3,(H,23,26)(H,24,27)(H,33,34)/t11-,12+,13+,14+,15+,16+,17-,18+,19+,20-,22+/m0/s1. The fourth-order valence-electron chi connectivity index (χ4n) is 4.22. The number of ether oxygens (including phenoxy) is 4. The van der Waals surface area contributed by atoms with Gasteiger partial charge in [-0.15, -0.1) is 6.42 Å². The highest BCUT2D eigenvalue weighted by Crippen LogP contribution is 2.34. The topological polar surface area (TPSA) is 254 Å². The zero-order chi connectivity index (χ0) is 28.8. The number of nitrogens with one attached hydrogen (secondary N) is 2. The van der Waals surface area contributed by atoms with Crippen LogP contribution >= 0.6 is 0 Å². The Kier molecular flexibility index (Phi) is 11.4. The first-order valence-corrected chi connectivity index (χ1v) is 11.6. The van der Waals surface area contributed by atoms with Gasteiger partial charge in [-0.1, -0.05) is 5.92 Å². The summed E-state index contributed by atoms with van der Waals surface area (Å²) in [4.78, 5) is 35.4. The molecule has 9 N–H and O–H groups in total. The maximum absolute atomic E-state index is 12.3. The summed E-state index contributed by atoms with van der Waals surface area (Å²) in [6.07, 6.45) is -9.14. The van der Waals surface area contributed by atoms with Crippen molar-refractivity contribution in [1.82, 2.24) is 10.6 Å². The molecule has 0 aromatic rings. The van der Waals surface area contributed by atoms with Crippen molar-refractivity contribution in [3.63, 3.8) is 0 Å². The van der Waals surface area contributed by atoms with E-state index >= 15 is 0 Å². The minimum absolute atomic E-state index is 0.303. The Hall–Kier alpha value is -2.43. The van der Waals surface area contributed by atoms with Crippen molar-refractivity contribution in [2.45, 2.75) is 87.2 Å². The van der Waals surface area contributed by atoms with Gasteiger partial charge in [0.05, 0.1) is 25.4 Å². The maximum Gasteiger partial charge on any atom is 0.364 e. The van der Waals surface area contributed by atoms with Crippen molar-refractivity contribution < 1.29 is 69.1 Å². The molecule has 0 saturated carbocycles. The molecular weight excluding hydrogens is 516 g/mol. The van der Waals surface area contributed by atoms with Crippen LogP contribution in [-0.2, 0) is 33.3 Å². The summed E-state index contributed by atoms with van der Waals surface area (Å²) in [5.41, 5.74) is 0. The van der Waals surface area contributed by atoms with Crippen molar-refractivity contribution in [3.8, 4) is 12.3 Å². The number of amides is 2. The molecule has 0 bridgehead atoms. The molecule has 0 aliphatic carbocycles.